The number of alkyl carbamates (subject to hydrolysis) is 1. The van der Waals surface area contributed by atoms with Crippen molar-refractivity contribution in [3.63, 3.8) is 0 Å². The summed E-state index contributed by atoms with van der Waals surface area (Å²) in [4.78, 5) is 10.8. The summed E-state index contributed by atoms with van der Waals surface area (Å²) in [5.74, 6) is -37.2. The van der Waals surface area contributed by atoms with Crippen molar-refractivity contribution in [2.75, 3.05) is 13.2 Å². The first-order valence-electron chi connectivity index (χ1n) is 6.68. The molecule has 0 aliphatic carbocycles. The molecule has 0 spiro atoms. The predicted octanol–water partition coefficient (Wildman–Crippen LogP) is 5.03. The zero-order valence-electron chi connectivity index (χ0n) is 13.1. The van der Waals surface area contributed by atoms with E-state index >= 15 is 0 Å². The van der Waals surface area contributed by atoms with Gasteiger partial charge in [0.1, 0.15) is 6.61 Å². The van der Waals surface area contributed by atoms with E-state index in [1.54, 1.807) is 0 Å². The maximum absolute atomic E-state index is 13.3. The van der Waals surface area contributed by atoms with Crippen molar-refractivity contribution in [2.45, 2.75) is 42.2 Å². The molecule has 0 aliphatic heterocycles. The van der Waals surface area contributed by atoms with Crippen molar-refractivity contribution >= 4 is 6.09 Å². The lowest BCUT2D eigenvalue weighted by molar-refractivity contribution is -0.440. The third-order valence-electron chi connectivity index (χ3n) is 3.04. The number of ether oxygens (including phenoxy) is 1. The summed E-state index contributed by atoms with van der Waals surface area (Å²) >= 11 is 0. The van der Waals surface area contributed by atoms with Crippen molar-refractivity contribution in [1.82, 2.24) is 5.32 Å². The molecule has 0 atom stereocenters. The third-order valence-corrected chi connectivity index (χ3v) is 3.04. The molecule has 166 valence electrons. The fraction of sp³-hybridized carbons (Fsp3) is 0.750. The van der Waals surface area contributed by atoms with Crippen LogP contribution in [0.4, 0.5) is 61.9 Å². The van der Waals surface area contributed by atoms with Crippen LogP contribution in [-0.4, -0.2) is 55.0 Å². The largest absolute Gasteiger partial charge is 0.460 e. The third kappa shape index (κ3) is 4.39. The standard InChI is InChI=1S/C12H10F13NO2/c1-2-5-28-6(27)26-4-3-7(13,14)8(15,16)9(17,18)10(19,20)11(21,22)12(23,24)25/h2H,1,3-5H2,(H,26,27). The Morgan fingerprint density at radius 3 is 1.61 bits per heavy atom. The van der Waals surface area contributed by atoms with Crippen LogP contribution in [0.5, 0.6) is 0 Å². The van der Waals surface area contributed by atoms with Gasteiger partial charge in [-0.2, -0.15) is 57.1 Å². The van der Waals surface area contributed by atoms with Crippen LogP contribution in [0.1, 0.15) is 6.42 Å². The molecule has 0 saturated heterocycles. The van der Waals surface area contributed by atoms with Crippen LogP contribution in [0.15, 0.2) is 12.7 Å². The van der Waals surface area contributed by atoms with Gasteiger partial charge in [0.2, 0.25) is 0 Å². The highest BCUT2D eigenvalue weighted by molar-refractivity contribution is 5.67. The molecule has 0 aromatic heterocycles. The van der Waals surface area contributed by atoms with Gasteiger partial charge in [0, 0.05) is 13.0 Å². The van der Waals surface area contributed by atoms with Crippen LogP contribution >= 0.6 is 0 Å². The molecule has 0 unspecified atom stereocenters. The molecular weight excluding hydrogens is 437 g/mol. The number of halogens is 13. The van der Waals surface area contributed by atoms with Gasteiger partial charge in [0.25, 0.3) is 0 Å². The van der Waals surface area contributed by atoms with E-state index in [1.807, 2.05) is 0 Å². The van der Waals surface area contributed by atoms with E-state index in [0.717, 1.165) is 6.08 Å². The summed E-state index contributed by atoms with van der Waals surface area (Å²) in [6.07, 6.45) is -10.6. The molecule has 0 heterocycles. The molecule has 0 fully saturated rings. The lowest BCUT2D eigenvalue weighted by Gasteiger charge is -2.39. The van der Waals surface area contributed by atoms with E-state index in [4.69, 9.17) is 0 Å². The number of rotatable bonds is 9. The van der Waals surface area contributed by atoms with E-state index in [2.05, 4.69) is 11.3 Å². The number of carbonyl (C=O) groups is 1. The van der Waals surface area contributed by atoms with Crippen LogP contribution in [0.25, 0.3) is 0 Å². The molecule has 0 rings (SSSR count). The quantitative estimate of drug-likeness (QED) is 0.398. The van der Waals surface area contributed by atoms with Crippen molar-refractivity contribution in [1.29, 1.82) is 0 Å². The monoisotopic (exact) mass is 447 g/mol. The molecule has 28 heavy (non-hydrogen) atoms. The van der Waals surface area contributed by atoms with Crippen LogP contribution in [0, 0.1) is 0 Å². The van der Waals surface area contributed by atoms with Gasteiger partial charge in [0.15, 0.2) is 0 Å². The van der Waals surface area contributed by atoms with Gasteiger partial charge in [-0.15, -0.1) is 0 Å². The van der Waals surface area contributed by atoms with Crippen LogP contribution in [0.3, 0.4) is 0 Å². The molecule has 3 nitrogen and oxygen atoms in total. The predicted molar refractivity (Wildman–Crippen MR) is 65.0 cm³/mol. The number of amides is 1. The summed E-state index contributed by atoms with van der Waals surface area (Å²) < 4.78 is 170. The summed E-state index contributed by atoms with van der Waals surface area (Å²) in [7, 11) is 0. The average molecular weight is 447 g/mol. The highest BCUT2D eigenvalue weighted by Gasteiger charge is 2.90. The maximum Gasteiger partial charge on any atom is 0.460 e. The topological polar surface area (TPSA) is 38.3 Å². The first-order chi connectivity index (χ1) is 12.2. The first-order valence-corrected chi connectivity index (χ1v) is 6.68. The minimum atomic E-state index is -7.94. The second-order valence-corrected chi connectivity index (χ2v) is 5.06. The molecule has 1 amide bonds. The minimum Gasteiger partial charge on any atom is -0.445 e. The van der Waals surface area contributed by atoms with Gasteiger partial charge >= 0.3 is 41.9 Å². The van der Waals surface area contributed by atoms with Crippen LogP contribution in [-0.2, 0) is 4.74 Å². The van der Waals surface area contributed by atoms with E-state index in [1.165, 1.54) is 5.32 Å². The molecule has 0 aromatic carbocycles. The van der Waals surface area contributed by atoms with Crippen molar-refractivity contribution in [3.05, 3.63) is 12.7 Å². The minimum absolute atomic E-state index is 0.505. The number of hydrogen-bond donors (Lipinski definition) is 1. The lowest BCUT2D eigenvalue weighted by Crippen LogP contribution is -2.70. The average Bonchev–Trinajstić information content (AvgIpc) is 2.50. The Morgan fingerprint density at radius 1 is 0.786 bits per heavy atom. The van der Waals surface area contributed by atoms with E-state index < -0.39 is 61.5 Å². The molecule has 1 N–H and O–H groups in total. The molecule has 0 bridgehead atoms. The Hall–Kier alpha value is -1.90. The zero-order chi connectivity index (χ0) is 22.8. The van der Waals surface area contributed by atoms with Crippen molar-refractivity contribution in [2.24, 2.45) is 0 Å². The molecule has 0 aliphatic rings. The number of nitrogens with one attached hydrogen (secondary N) is 1. The van der Waals surface area contributed by atoms with E-state index in [9.17, 15) is 61.9 Å². The van der Waals surface area contributed by atoms with Crippen molar-refractivity contribution < 1.29 is 66.6 Å². The van der Waals surface area contributed by atoms with Gasteiger partial charge < -0.3 is 10.1 Å². The van der Waals surface area contributed by atoms with Gasteiger partial charge in [-0.3, -0.25) is 0 Å². The highest BCUT2D eigenvalue weighted by atomic mass is 19.4. The molecular formula is C12H10F13NO2. The van der Waals surface area contributed by atoms with E-state index in [-0.39, 0.29) is 0 Å². The number of carbonyl (C=O) groups excluding carboxylic acids is 1. The normalized spacial score (nSPS) is 14.6. The number of alkyl halides is 13. The summed E-state index contributed by atoms with van der Waals surface area (Å²) in [5.41, 5.74) is 0. The van der Waals surface area contributed by atoms with Gasteiger partial charge in [-0.25, -0.2) is 4.79 Å². The SMILES string of the molecule is C=CCOC(=O)NCCC(F)(F)C(F)(F)C(F)(F)C(F)(F)C(F)(F)C(F)(F)F. The van der Waals surface area contributed by atoms with Gasteiger partial charge in [-0.05, 0) is 0 Å². The summed E-state index contributed by atoms with van der Waals surface area (Å²) in [6, 6.07) is 0. The molecule has 16 heteroatoms. The van der Waals surface area contributed by atoms with Gasteiger partial charge in [0.05, 0.1) is 0 Å². The fourth-order valence-electron chi connectivity index (χ4n) is 1.47. The van der Waals surface area contributed by atoms with Crippen LogP contribution < -0.4 is 5.32 Å². The molecule has 0 saturated carbocycles. The Labute approximate surface area is 147 Å². The molecule has 0 radical (unpaired) electrons. The molecule has 0 aromatic rings. The van der Waals surface area contributed by atoms with Crippen molar-refractivity contribution in [3.8, 4) is 0 Å². The van der Waals surface area contributed by atoms with Crippen LogP contribution in [0.2, 0.25) is 0 Å². The summed E-state index contributed by atoms with van der Waals surface area (Å²) in [5, 5.41) is 1.31. The van der Waals surface area contributed by atoms with Gasteiger partial charge in [-0.1, -0.05) is 12.7 Å². The highest BCUT2D eigenvalue weighted by Crippen LogP contribution is 2.60. The Kier molecular flexibility index (Phi) is 7.32. The Bertz CT molecular complexity index is 570. The maximum atomic E-state index is 13.3. The summed E-state index contributed by atoms with van der Waals surface area (Å²) in [6.45, 7) is 0.932. The Morgan fingerprint density at radius 2 is 1.21 bits per heavy atom. The van der Waals surface area contributed by atoms with E-state index in [0.29, 0.717) is 0 Å². The Balaban J connectivity index is 5.62. The smallest absolute Gasteiger partial charge is 0.445 e. The lowest BCUT2D eigenvalue weighted by atomic mass is 9.92. The second-order valence-electron chi connectivity index (χ2n) is 5.06. The first kappa shape index (κ1) is 26.1. The number of hydrogen-bond acceptors (Lipinski definition) is 2. The fourth-order valence-corrected chi connectivity index (χ4v) is 1.47. The second kappa shape index (κ2) is 7.85. The zero-order valence-corrected chi connectivity index (χ0v) is 13.1.